The minimum absolute atomic E-state index is 0.157. The van der Waals surface area contributed by atoms with Crippen LogP contribution in [0.5, 0.6) is 0 Å². The maximum absolute atomic E-state index is 12.0. The first-order valence-corrected chi connectivity index (χ1v) is 5.81. The van der Waals surface area contributed by atoms with Crippen LogP contribution in [0.25, 0.3) is 11.0 Å². The van der Waals surface area contributed by atoms with Gasteiger partial charge < -0.3 is 5.32 Å². The van der Waals surface area contributed by atoms with Gasteiger partial charge >= 0.3 is 0 Å². The summed E-state index contributed by atoms with van der Waals surface area (Å²) in [4.78, 5) is 16.1. The summed E-state index contributed by atoms with van der Waals surface area (Å²) in [7, 11) is 0. The first-order chi connectivity index (χ1) is 9.33. The Morgan fingerprint density at radius 2 is 2.05 bits per heavy atom. The van der Waals surface area contributed by atoms with Gasteiger partial charge in [-0.25, -0.2) is 0 Å². The van der Waals surface area contributed by atoms with E-state index in [2.05, 4.69) is 25.7 Å². The normalized spacial score (nSPS) is 10.5. The van der Waals surface area contributed by atoms with E-state index in [1.54, 1.807) is 24.4 Å². The van der Waals surface area contributed by atoms with Crippen molar-refractivity contribution in [2.45, 2.75) is 6.54 Å². The van der Waals surface area contributed by atoms with Crippen LogP contribution < -0.4 is 5.32 Å². The molecule has 0 unspecified atom stereocenters. The highest BCUT2D eigenvalue weighted by Gasteiger charge is 2.07. The molecule has 2 heterocycles. The molecule has 0 fully saturated rings. The van der Waals surface area contributed by atoms with Crippen molar-refractivity contribution < 1.29 is 4.79 Å². The molecule has 0 spiro atoms. The van der Waals surface area contributed by atoms with E-state index in [1.165, 1.54) is 0 Å². The second kappa shape index (κ2) is 4.85. The van der Waals surface area contributed by atoms with Crippen LogP contribution in [0.1, 0.15) is 16.1 Å². The SMILES string of the molecule is O=C(NCc1ccccn1)c1ccc2n[nH]nc2c1. The highest BCUT2D eigenvalue weighted by atomic mass is 16.1. The molecule has 2 N–H and O–H groups in total. The number of pyridine rings is 1. The van der Waals surface area contributed by atoms with Crippen LogP contribution >= 0.6 is 0 Å². The lowest BCUT2D eigenvalue weighted by Gasteiger charge is -2.04. The van der Waals surface area contributed by atoms with E-state index in [1.807, 2.05) is 18.2 Å². The van der Waals surface area contributed by atoms with Gasteiger partial charge in [0.2, 0.25) is 0 Å². The van der Waals surface area contributed by atoms with Crippen molar-refractivity contribution in [3.8, 4) is 0 Å². The number of benzene rings is 1. The zero-order chi connectivity index (χ0) is 13.1. The standard InChI is InChI=1S/C13H11N5O/c19-13(15-8-10-3-1-2-6-14-10)9-4-5-11-12(7-9)17-18-16-11/h1-7H,8H2,(H,15,19)(H,16,17,18). The second-order valence-corrected chi connectivity index (χ2v) is 4.03. The van der Waals surface area contributed by atoms with Crippen molar-refractivity contribution in [3.63, 3.8) is 0 Å². The fourth-order valence-corrected chi connectivity index (χ4v) is 1.76. The van der Waals surface area contributed by atoms with Gasteiger partial charge in [-0.1, -0.05) is 6.07 Å². The number of aromatic amines is 1. The average molecular weight is 253 g/mol. The van der Waals surface area contributed by atoms with Crippen molar-refractivity contribution in [3.05, 3.63) is 53.9 Å². The smallest absolute Gasteiger partial charge is 0.251 e. The molecular formula is C13H11N5O. The molecule has 1 aromatic carbocycles. The molecule has 0 aliphatic carbocycles. The first kappa shape index (κ1) is 11.3. The predicted octanol–water partition coefficient (Wildman–Crippen LogP) is 1.28. The molecule has 0 radical (unpaired) electrons. The number of carbonyl (C=O) groups excluding carboxylic acids is 1. The van der Waals surface area contributed by atoms with Crippen molar-refractivity contribution >= 4 is 16.9 Å². The molecule has 6 nitrogen and oxygen atoms in total. The molecule has 0 atom stereocenters. The number of rotatable bonds is 3. The van der Waals surface area contributed by atoms with Crippen LogP contribution in [0.2, 0.25) is 0 Å². The number of nitrogens with zero attached hydrogens (tertiary/aromatic N) is 3. The van der Waals surface area contributed by atoms with E-state index in [0.717, 1.165) is 11.2 Å². The van der Waals surface area contributed by atoms with Gasteiger partial charge in [0.15, 0.2) is 0 Å². The number of hydrogen-bond donors (Lipinski definition) is 2. The van der Waals surface area contributed by atoms with Gasteiger partial charge in [-0.2, -0.15) is 15.4 Å². The summed E-state index contributed by atoms with van der Waals surface area (Å²) in [6, 6.07) is 10.8. The predicted molar refractivity (Wildman–Crippen MR) is 69.3 cm³/mol. The molecule has 19 heavy (non-hydrogen) atoms. The molecule has 1 amide bonds. The number of aromatic nitrogens is 4. The minimum atomic E-state index is -0.157. The summed E-state index contributed by atoms with van der Waals surface area (Å²) in [6.07, 6.45) is 1.70. The molecule has 0 saturated carbocycles. The number of nitrogens with one attached hydrogen (secondary N) is 2. The zero-order valence-corrected chi connectivity index (χ0v) is 10.00. The Morgan fingerprint density at radius 1 is 1.16 bits per heavy atom. The summed E-state index contributed by atoms with van der Waals surface area (Å²) in [5.74, 6) is -0.157. The van der Waals surface area contributed by atoms with Crippen LogP contribution in [-0.4, -0.2) is 26.3 Å². The summed E-state index contributed by atoms with van der Waals surface area (Å²) in [5, 5.41) is 13.2. The third-order valence-corrected chi connectivity index (χ3v) is 2.73. The maximum atomic E-state index is 12.0. The van der Waals surface area contributed by atoms with E-state index in [-0.39, 0.29) is 5.91 Å². The fraction of sp³-hybridized carbons (Fsp3) is 0.0769. The van der Waals surface area contributed by atoms with E-state index >= 15 is 0 Å². The highest BCUT2D eigenvalue weighted by Crippen LogP contribution is 2.10. The molecule has 0 aliphatic heterocycles. The van der Waals surface area contributed by atoms with E-state index in [9.17, 15) is 4.79 Å². The summed E-state index contributed by atoms with van der Waals surface area (Å²) >= 11 is 0. The monoisotopic (exact) mass is 253 g/mol. The van der Waals surface area contributed by atoms with Crippen molar-refractivity contribution in [1.82, 2.24) is 25.7 Å². The lowest BCUT2D eigenvalue weighted by molar-refractivity contribution is 0.0950. The molecule has 3 aromatic rings. The van der Waals surface area contributed by atoms with Crippen LogP contribution in [-0.2, 0) is 6.54 Å². The van der Waals surface area contributed by atoms with Gasteiger partial charge in [0.05, 0.1) is 12.2 Å². The van der Waals surface area contributed by atoms with Gasteiger partial charge in [-0.05, 0) is 30.3 Å². The Bertz CT molecular complexity index is 707. The first-order valence-electron chi connectivity index (χ1n) is 5.81. The molecular weight excluding hydrogens is 242 g/mol. The van der Waals surface area contributed by atoms with Gasteiger partial charge in [-0.3, -0.25) is 9.78 Å². The van der Waals surface area contributed by atoms with Crippen molar-refractivity contribution in [2.75, 3.05) is 0 Å². The lowest BCUT2D eigenvalue weighted by Crippen LogP contribution is -2.23. The zero-order valence-electron chi connectivity index (χ0n) is 10.00. The molecule has 6 heteroatoms. The van der Waals surface area contributed by atoms with Crippen LogP contribution in [0.15, 0.2) is 42.6 Å². The minimum Gasteiger partial charge on any atom is -0.346 e. The number of carbonyl (C=O) groups is 1. The Hall–Kier alpha value is -2.76. The summed E-state index contributed by atoms with van der Waals surface area (Å²) in [5.41, 5.74) is 2.78. The molecule has 3 rings (SSSR count). The van der Waals surface area contributed by atoms with Gasteiger partial charge in [-0.15, -0.1) is 0 Å². The second-order valence-electron chi connectivity index (χ2n) is 4.03. The third-order valence-electron chi connectivity index (χ3n) is 2.73. The van der Waals surface area contributed by atoms with E-state index in [4.69, 9.17) is 0 Å². The number of fused-ring (bicyclic) bond motifs is 1. The van der Waals surface area contributed by atoms with Crippen LogP contribution in [0, 0.1) is 0 Å². The molecule has 0 aliphatic rings. The number of H-pyrrole nitrogens is 1. The van der Waals surface area contributed by atoms with Crippen molar-refractivity contribution in [1.29, 1.82) is 0 Å². The topological polar surface area (TPSA) is 83.6 Å². The Balaban J connectivity index is 1.73. The molecule has 94 valence electrons. The lowest BCUT2D eigenvalue weighted by atomic mass is 10.2. The van der Waals surface area contributed by atoms with Crippen LogP contribution in [0.4, 0.5) is 0 Å². The Labute approximate surface area is 108 Å². The summed E-state index contributed by atoms with van der Waals surface area (Å²) < 4.78 is 0. The van der Waals surface area contributed by atoms with E-state index < -0.39 is 0 Å². The fourth-order valence-electron chi connectivity index (χ4n) is 1.76. The van der Waals surface area contributed by atoms with E-state index in [0.29, 0.717) is 17.6 Å². The third kappa shape index (κ3) is 2.42. The maximum Gasteiger partial charge on any atom is 0.251 e. The quantitative estimate of drug-likeness (QED) is 0.736. The van der Waals surface area contributed by atoms with Crippen LogP contribution in [0.3, 0.4) is 0 Å². The Morgan fingerprint density at radius 3 is 2.89 bits per heavy atom. The number of amides is 1. The van der Waals surface area contributed by atoms with Crippen molar-refractivity contribution in [2.24, 2.45) is 0 Å². The molecule has 0 bridgehead atoms. The van der Waals surface area contributed by atoms with Gasteiger partial charge in [0, 0.05) is 11.8 Å². The highest BCUT2D eigenvalue weighted by molar-refractivity contribution is 5.97. The largest absolute Gasteiger partial charge is 0.346 e. The summed E-state index contributed by atoms with van der Waals surface area (Å²) in [6.45, 7) is 0.399. The molecule has 0 saturated heterocycles. The number of hydrogen-bond acceptors (Lipinski definition) is 4. The van der Waals surface area contributed by atoms with Gasteiger partial charge in [0.1, 0.15) is 11.0 Å². The average Bonchev–Trinajstić information content (AvgIpc) is 2.93. The molecule has 2 aromatic heterocycles. The van der Waals surface area contributed by atoms with Gasteiger partial charge in [0.25, 0.3) is 5.91 Å². The Kier molecular flexibility index (Phi) is 2.89.